The standard InChI is InChI=1S/C12H21N5/c1-16(2)8-5-9-17(3)12-10(11(13)14)6-4-7-15-12/h4,6-7H,5,8-9H2,1-3H3,(H3,13,14). The molecule has 5 nitrogen and oxygen atoms in total. The summed E-state index contributed by atoms with van der Waals surface area (Å²) in [6.07, 6.45) is 2.78. The third kappa shape index (κ3) is 4.03. The van der Waals surface area contributed by atoms with Crippen LogP contribution in [0.2, 0.25) is 0 Å². The van der Waals surface area contributed by atoms with Crippen LogP contribution >= 0.6 is 0 Å². The molecule has 0 aliphatic rings. The number of hydrogen-bond acceptors (Lipinski definition) is 4. The predicted octanol–water partition coefficient (Wildman–Crippen LogP) is 0.754. The van der Waals surface area contributed by atoms with Crippen molar-refractivity contribution in [2.45, 2.75) is 6.42 Å². The molecule has 0 aliphatic carbocycles. The fourth-order valence-corrected chi connectivity index (χ4v) is 1.64. The highest BCUT2D eigenvalue weighted by Gasteiger charge is 2.10. The van der Waals surface area contributed by atoms with Crippen molar-refractivity contribution in [2.24, 2.45) is 5.73 Å². The fourth-order valence-electron chi connectivity index (χ4n) is 1.64. The maximum Gasteiger partial charge on any atom is 0.139 e. The Bertz CT molecular complexity index is 375. The van der Waals surface area contributed by atoms with E-state index < -0.39 is 0 Å². The Hall–Kier alpha value is -1.62. The Labute approximate surface area is 103 Å². The van der Waals surface area contributed by atoms with E-state index in [2.05, 4.69) is 24.0 Å². The summed E-state index contributed by atoms with van der Waals surface area (Å²) in [5.74, 6) is 0.839. The van der Waals surface area contributed by atoms with Crippen molar-refractivity contribution in [2.75, 3.05) is 39.1 Å². The zero-order chi connectivity index (χ0) is 12.8. The number of hydrogen-bond donors (Lipinski definition) is 2. The monoisotopic (exact) mass is 235 g/mol. The molecule has 5 heteroatoms. The summed E-state index contributed by atoms with van der Waals surface area (Å²) in [7, 11) is 6.09. The molecule has 0 saturated heterocycles. The number of anilines is 1. The van der Waals surface area contributed by atoms with Gasteiger partial charge in [-0.25, -0.2) is 4.98 Å². The molecule has 0 aromatic carbocycles. The minimum absolute atomic E-state index is 0.0626. The van der Waals surface area contributed by atoms with E-state index in [1.165, 1.54) is 0 Å². The molecule has 0 fully saturated rings. The number of rotatable bonds is 6. The van der Waals surface area contributed by atoms with Gasteiger partial charge in [0.15, 0.2) is 0 Å². The van der Waals surface area contributed by atoms with Gasteiger partial charge in [0.2, 0.25) is 0 Å². The van der Waals surface area contributed by atoms with Crippen molar-refractivity contribution in [1.82, 2.24) is 9.88 Å². The van der Waals surface area contributed by atoms with Gasteiger partial charge in [-0.2, -0.15) is 0 Å². The van der Waals surface area contributed by atoms with Gasteiger partial charge in [-0.05, 0) is 39.2 Å². The molecule has 3 N–H and O–H groups in total. The summed E-state index contributed by atoms with van der Waals surface area (Å²) in [5.41, 5.74) is 6.23. The molecule has 1 heterocycles. The highest BCUT2D eigenvalue weighted by Crippen LogP contribution is 2.15. The molecule has 1 aromatic heterocycles. The molecule has 0 bridgehead atoms. The molecule has 0 atom stereocenters. The summed E-state index contributed by atoms with van der Waals surface area (Å²) in [4.78, 5) is 8.48. The maximum atomic E-state index is 7.52. The molecule has 94 valence electrons. The first-order valence-electron chi connectivity index (χ1n) is 5.67. The molecular weight excluding hydrogens is 214 g/mol. The van der Waals surface area contributed by atoms with Crippen molar-refractivity contribution >= 4 is 11.7 Å². The second-order valence-electron chi connectivity index (χ2n) is 4.37. The number of pyridine rings is 1. The van der Waals surface area contributed by atoms with Crippen LogP contribution in [0.5, 0.6) is 0 Å². The Morgan fingerprint density at radius 1 is 1.35 bits per heavy atom. The van der Waals surface area contributed by atoms with E-state index in [0.717, 1.165) is 25.3 Å². The molecule has 1 rings (SSSR count). The van der Waals surface area contributed by atoms with Crippen molar-refractivity contribution in [3.8, 4) is 0 Å². The summed E-state index contributed by atoms with van der Waals surface area (Å²) in [6.45, 7) is 1.93. The Kier molecular flexibility index (Phi) is 4.90. The van der Waals surface area contributed by atoms with Crippen LogP contribution in [0, 0.1) is 5.41 Å². The van der Waals surface area contributed by atoms with E-state index in [0.29, 0.717) is 5.56 Å². The van der Waals surface area contributed by atoms with Crippen LogP contribution < -0.4 is 10.6 Å². The van der Waals surface area contributed by atoms with Crippen LogP contribution in [-0.2, 0) is 0 Å². The van der Waals surface area contributed by atoms with Gasteiger partial charge >= 0.3 is 0 Å². The molecule has 1 aromatic rings. The van der Waals surface area contributed by atoms with Crippen LogP contribution in [0.3, 0.4) is 0 Å². The van der Waals surface area contributed by atoms with Crippen LogP contribution in [0.1, 0.15) is 12.0 Å². The average Bonchev–Trinajstić information content (AvgIpc) is 2.28. The SMILES string of the molecule is CN(C)CCCN(C)c1ncccc1C(=N)N. The predicted molar refractivity (Wildman–Crippen MR) is 71.7 cm³/mol. The second kappa shape index (κ2) is 6.20. The molecule has 0 aliphatic heterocycles. The lowest BCUT2D eigenvalue weighted by Crippen LogP contribution is -2.26. The van der Waals surface area contributed by atoms with Gasteiger partial charge in [0.05, 0.1) is 5.56 Å². The van der Waals surface area contributed by atoms with E-state index in [-0.39, 0.29) is 5.84 Å². The first-order valence-corrected chi connectivity index (χ1v) is 5.67. The molecule has 0 unspecified atom stereocenters. The van der Waals surface area contributed by atoms with Crippen LogP contribution in [0.4, 0.5) is 5.82 Å². The molecular formula is C12H21N5. The lowest BCUT2D eigenvalue weighted by Gasteiger charge is -2.21. The van der Waals surface area contributed by atoms with Crippen molar-refractivity contribution < 1.29 is 0 Å². The van der Waals surface area contributed by atoms with Crippen LogP contribution in [-0.4, -0.2) is 50.0 Å². The normalized spacial score (nSPS) is 10.6. The van der Waals surface area contributed by atoms with E-state index in [9.17, 15) is 0 Å². The zero-order valence-electron chi connectivity index (χ0n) is 10.8. The van der Waals surface area contributed by atoms with Crippen LogP contribution in [0.15, 0.2) is 18.3 Å². The van der Waals surface area contributed by atoms with E-state index in [1.54, 1.807) is 12.3 Å². The van der Waals surface area contributed by atoms with Gasteiger partial charge in [-0.1, -0.05) is 0 Å². The summed E-state index contributed by atoms with van der Waals surface area (Å²) in [5, 5.41) is 7.52. The summed E-state index contributed by atoms with van der Waals surface area (Å²) < 4.78 is 0. The third-order valence-corrected chi connectivity index (χ3v) is 2.54. The lowest BCUT2D eigenvalue weighted by molar-refractivity contribution is 0.401. The van der Waals surface area contributed by atoms with Gasteiger partial charge in [-0.15, -0.1) is 0 Å². The number of amidine groups is 1. The van der Waals surface area contributed by atoms with E-state index in [4.69, 9.17) is 11.1 Å². The third-order valence-electron chi connectivity index (χ3n) is 2.54. The minimum Gasteiger partial charge on any atom is -0.384 e. The minimum atomic E-state index is 0.0626. The van der Waals surface area contributed by atoms with Gasteiger partial charge in [0.1, 0.15) is 11.7 Å². The summed E-state index contributed by atoms with van der Waals surface area (Å²) >= 11 is 0. The van der Waals surface area contributed by atoms with Crippen molar-refractivity contribution in [3.05, 3.63) is 23.9 Å². The number of nitrogens with two attached hydrogens (primary N) is 1. The van der Waals surface area contributed by atoms with Gasteiger partial charge in [0, 0.05) is 19.8 Å². The Morgan fingerprint density at radius 3 is 2.65 bits per heavy atom. The second-order valence-corrected chi connectivity index (χ2v) is 4.37. The summed E-state index contributed by atoms with van der Waals surface area (Å²) in [6, 6.07) is 3.63. The number of nitrogens with one attached hydrogen (secondary N) is 1. The Morgan fingerprint density at radius 2 is 2.06 bits per heavy atom. The molecule has 0 amide bonds. The number of nitrogens with zero attached hydrogens (tertiary/aromatic N) is 3. The van der Waals surface area contributed by atoms with Gasteiger partial charge < -0.3 is 15.5 Å². The van der Waals surface area contributed by atoms with Gasteiger partial charge in [0.25, 0.3) is 0 Å². The van der Waals surface area contributed by atoms with E-state index in [1.807, 2.05) is 18.0 Å². The first-order chi connectivity index (χ1) is 8.02. The smallest absolute Gasteiger partial charge is 0.139 e. The van der Waals surface area contributed by atoms with Crippen LogP contribution in [0.25, 0.3) is 0 Å². The topological polar surface area (TPSA) is 69.2 Å². The van der Waals surface area contributed by atoms with Crippen molar-refractivity contribution in [3.63, 3.8) is 0 Å². The molecule has 17 heavy (non-hydrogen) atoms. The fraction of sp³-hybridized carbons (Fsp3) is 0.500. The highest BCUT2D eigenvalue weighted by atomic mass is 15.2. The average molecular weight is 235 g/mol. The molecule has 0 saturated carbocycles. The number of nitrogen functional groups attached to an aromatic ring is 1. The lowest BCUT2D eigenvalue weighted by atomic mass is 10.2. The first kappa shape index (κ1) is 13.4. The maximum absolute atomic E-state index is 7.52. The van der Waals surface area contributed by atoms with Crippen molar-refractivity contribution in [1.29, 1.82) is 5.41 Å². The molecule has 0 spiro atoms. The molecule has 0 radical (unpaired) electrons. The Balaban J connectivity index is 2.68. The number of aromatic nitrogens is 1. The quantitative estimate of drug-likeness (QED) is 0.564. The van der Waals surface area contributed by atoms with E-state index >= 15 is 0 Å². The highest BCUT2D eigenvalue weighted by molar-refractivity contribution is 5.99. The largest absolute Gasteiger partial charge is 0.384 e. The van der Waals surface area contributed by atoms with Gasteiger partial charge in [-0.3, -0.25) is 5.41 Å². The zero-order valence-corrected chi connectivity index (χ0v) is 10.8.